The summed E-state index contributed by atoms with van der Waals surface area (Å²) < 4.78 is 0. The number of amidine groups is 1. The third-order valence-corrected chi connectivity index (χ3v) is 3.39. The summed E-state index contributed by atoms with van der Waals surface area (Å²) in [4.78, 5) is 23.5. The van der Waals surface area contributed by atoms with Gasteiger partial charge in [0.1, 0.15) is 0 Å². The van der Waals surface area contributed by atoms with Crippen LogP contribution in [0.3, 0.4) is 0 Å². The summed E-state index contributed by atoms with van der Waals surface area (Å²) in [5, 5.41) is 18.3. The minimum Gasteiger partial charge on any atom is -0.290 e. The van der Waals surface area contributed by atoms with E-state index in [1.807, 2.05) is 0 Å². The highest BCUT2D eigenvalue weighted by Gasteiger charge is 2.28. The molecule has 1 aliphatic heterocycles. The molecule has 0 radical (unpaired) electrons. The van der Waals surface area contributed by atoms with E-state index in [0.29, 0.717) is 10.5 Å². The van der Waals surface area contributed by atoms with Gasteiger partial charge in [-0.15, -0.1) is 0 Å². The molecule has 6 nitrogen and oxygen atoms in total. The minimum atomic E-state index is -0.486. The summed E-state index contributed by atoms with van der Waals surface area (Å²) in [6, 6.07) is 6.02. The van der Waals surface area contributed by atoms with Crippen molar-refractivity contribution in [2.24, 2.45) is 0 Å². The number of nitrogens with one attached hydrogen (secondary N) is 1. The van der Waals surface area contributed by atoms with Gasteiger partial charge in [-0.1, -0.05) is 12.1 Å². The van der Waals surface area contributed by atoms with Crippen LogP contribution in [0, 0.1) is 15.5 Å². The molecule has 1 fully saturated rings. The number of hydrogen-bond donors (Lipinski definition) is 1. The van der Waals surface area contributed by atoms with Gasteiger partial charge >= 0.3 is 0 Å². The second kappa shape index (κ2) is 4.61. The predicted octanol–water partition coefficient (Wildman–Crippen LogP) is 2.08. The van der Waals surface area contributed by atoms with Gasteiger partial charge in [0.05, 0.1) is 9.83 Å². The molecule has 0 atom stereocenters. The third kappa shape index (κ3) is 2.25. The van der Waals surface area contributed by atoms with Crippen molar-refractivity contribution in [1.82, 2.24) is 4.90 Å². The topological polar surface area (TPSA) is 87.3 Å². The lowest BCUT2D eigenvalue weighted by Gasteiger charge is -2.03. The highest BCUT2D eigenvalue weighted by molar-refractivity contribution is 8.18. The summed E-state index contributed by atoms with van der Waals surface area (Å²) in [6.07, 6.45) is 1.55. The standard InChI is InChI=1S/C11H9N3O3S/c1-13-10(15)9(18-11(13)12)6-7-3-2-4-8(5-7)14(16)17/h2-6,12H,1H3/b9-6+,12-11?. The Bertz CT molecular complexity index is 583. The van der Waals surface area contributed by atoms with Crippen molar-refractivity contribution in [2.45, 2.75) is 0 Å². The molecule has 0 saturated carbocycles. The first kappa shape index (κ1) is 12.3. The number of amides is 1. The predicted molar refractivity (Wildman–Crippen MR) is 69.2 cm³/mol. The average Bonchev–Trinajstić information content (AvgIpc) is 2.57. The van der Waals surface area contributed by atoms with Crippen molar-refractivity contribution < 1.29 is 9.72 Å². The minimum absolute atomic E-state index is 0.0248. The normalized spacial score (nSPS) is 17.6. The Hall–Kier alpha value is -2.15. The van der Waals surface area contributed by atoms with Gasteiger partial charge in [0.2, 0.25) is 0 Å². The molecule has 1 heterocycles. The number of thioether (sulfide) groups is 1. The lowest BCUT2D eigenvalue weighted by molar-refractivity contribution is -0.384. The van der Waals surface area contributed by atoms with Gasteiger partial charge in [-0.05, 0) is 23.4 Å². The van der Waals surface area contributed by atoms with E-state index in [0.717, 1.165) is 11.8 Å². The van der Waals surface area contributed by atoms with Crippen LogP contribution in [0.25, 0.3) is 6.08 Å². The van der Waals surface area contributed by atoms with Crippen LogP contribution < -0.4 is 0 Å². The summed E-state index contributed by atoms with van der Waals surface area (Å²) in [5.41, 5.74) is 0.548. The van der Waals surface area contributed by atoms with Crippen LogP contribution in [-0.2, 0) is 4.79 Å². The molecule has 92 valence electrons. The number of benzene rings is 1. The zero-order valence-electron chi connectivity index (χ0n) is 9.41. The summed E-state index contributed by atoms with van der Waals surface area (Å²) >= 11 is 1.04. The average molecular weight is 263 g/mol. The number of carbonyl (C=O) groups is 1. The summed E-state index contributed by atoms with van der Waals surface area (Å²) in [5.74, 6) is -0.267. The Morgan fingerprint density at radius 3 is 2.78 bits per heavy atom. The lowest BCUT2D eigenvalue weighted by Crippen LogP contribution is -2.22. The number of nitro benzene ring substituents is 1. The van der Waals surface area contributed by atoms with E-state index in [1.165, 1.54) is 24.1 Å². The molecule has 18 heavy (non-hydrogen) atoms. The molecular weight excluding hydrogens is 254 g/mol. The molecule has 1 aliphatic rings. The maximum absolute atomic E-state index is 11.7. The first-order valence-corrected chi connectivity index (χ1v) is 5.81. The smallest absolute Gasteiger partial charge is 0.270 e. The number of nitro groups is 1. The van der Waals surface area contributed by atoms with Gasteiger partial charge in [0.25, 0.3) is 11.6 Å². The molecule has 1 aromatic rings. The summed E-state index contributed by atoms with van der Waals surface area (Å²) in [7, 11) is 1.52. The molecule has 1 amide bonds. The third-order valence-electron chi connectivity index (χ3n) is 2.41. The number of nitrogens with zero attached hydrogens (tertiary/aromatic N) is 2. The Kier molecular flexibility index (Phi) is 3.15. The molecule has 0 aromatic heterocycles. The monoisotopic (exact) mass is 263 g/mol. The Morgan fingerprint density at radius 1 is 1.50 bits per heavy atom. The molecule has 1 aromatic carbocycles. The fraction of sp³-hybridized carbons (Fsp3) is 0.0909. The number of non-ortho nitro benzene ring substituents is 1. The van der Waals surface area contributed by atoms with Crippen LogP contribution in [0.2, 0.25) is 0 Å². The Morgan fingerprint density at radius 2 is 2.22 bits per heavy atom. The number of likely N-dealkylation sites (N-methyl/N-ethyl adjacent to an activating group) is 1. The van der Waals surface area contributed by atoms with E-state index < -0.39 is 4.92 Å². The molecule has 0 bridgehead atoms. The van der Waals surface area contributed by atoms with E-state index in [9.17, 15) is 14.9 Å². The molecular formula is C11H9N3O3S. The fourth-order valence-electron chi connectivity index (χ4n) is 1.44. The maximum atomic E-state index is 11.7. The quantitative estimate of drug-likeness (QED) is 0.502. The second-order valence-corrected chi connectivity index (χ2v) is 4.66. The number of carbonyl (C=O) groups excluding carboxylic acids is 1. The van der Waals surface area contributed by atoms with Crippen molar-refractivity contribution in [3.8, 4) is 0 Å². The fourth-order valence-corrected chi connectivity index (χ4v) is 2.29. The van der Waals surface area contributed by atoms with Gasteiger partial charge in [-0.2, -0.15) is 0 Å². The van der Waals surface area contributed by atoms with E-state index in [1.54, 1.807) is 18.2 Å². The molecule has 2 rings (SSSR count). The summed E-state index contributed by atoms with van der Waals surface area (Å²) in [6.45, 7) is 0. The van der Waals surface area contributed by atoms with Gasteiger partial charge in [-0.25, -0.2) is 0 Å². The largest absolute Gasteiger partial charge is 0.290 e. The van der Waals surface area contributed by atoms with Gasteiger partial charge in [0, 0.05) is 19.2 Å². The zero-order valence-corrected chi connectivity index (χ0v) is 10.2. The van der Waals surface area contributed by atoms with Crippen molar-refractivity contribution in [3.63, 3.8) is 0 Å². The van der Waals surface area contributed by atoms with Crippen LogP contribution >= 0.6 is 11.8 Å². The van der Waals surface area contributed by atoms with E-state index >= 15 is 0 Å². The van der Waals surface area contributed by atoms with Crippen molar-refractivity contribution in [2.75, 3.05) is 7.05 Å². The van der Waals surface area contributed by atoms with E-state index in [-0.39, 0.29) is 16.8 Å². The Balaban J connectivity index is 2.34. The number of hydrogen-bond acceptors (Lipinski definition) is 5. The van der Waals surface area contributed by atoms with E-state index in [4.69, 9.17) is 5.41 Å². The van der Waals surface area contributed by atoms with Crippen molar-refractivity contribution in [3.05, 3.63) is 44.8 Å². The first-order valence-electron chi connectivity index (χ1n) is 4.99. The molecule has 1 N–H and O–H groups in total. The van der Waals surface area contributed by atoms with Gasteiger partial charge in [0.15, 0.2) is 5.17 Å². The highest BCUT2D eigenvalue weighted by atomic mass is 32.2. The van der Waals surface area contributed by atoms with E-state index in [2.05, 4.69) is 0 Å². The van der Waals surface area contributed by atoms with Crippen LogP contribution in [0.15, 0.2) is 29.2 Å². The first-order chi connectivity index (χ1) is 8.49. The van der Waals surface area contributed by atoms with Crippen molar-refractivity contribution >= 4 is 34.6 Å². The van der Waals surface area contributed by atoms with Gasteiger partial charge < -0.3 is 0 Å². The lowest BCUT2D eigenvalue weighted by atomic mass is 10.2. The Labute approximate surface area is 107 Å². The molecule has 7 heteroatoms. The van der Waals surface area contributed by atoms with Crippen LogP contribution in [0.4, 0.5) is 5.69 Å². The molecule has 0 aliphatic carbocycles. The maximum Gasteiger partial charge on any atom is 0.270 e. The van der Waals surface area contributed by atoms with Crippen LogP contribution in [0.5, 0.6) is 0 Å². The molecule has 0 spiro atoms. The molecule has 0 unspecified atom stereocenters. The van der Waals surface area contributed by atoms with Crippen molar-refractivity contribution in [1.29, 1.82) is 5.41 Å². The molecule has 1 saturated heterocycles. The second-order valence-electron chi connectivity index (χ2n) is 3.63. The van der Waals surface area contributed by atoms with Crippen LogP contribution in [-0.4, -0.2) is 27.9 Å². The van der Waals surface area contributed by atoms with Gasteiger partial charge in [-0.3, -0.25) is 25.2 Å². The SMILES string of the molecule is CN1C(=N)S/C(=C/c2cccc([N+](=O)[O-])c2)C1=O. The number of rotatable bonds is 2. The zero-order chi connectivity index (χ0) is 13.3. The van der Waals surface area contributed by atoms with Crippen LogP contribution in [0.1, 0.15) is 5.56 Å². The highest BCUT2D eigenvalue weighted by Crippen LogP contribution is 2.30.